The maximum atomic E-state index is 13.5. The molecular weight excluding hydrogens is 554 g/mol. The van der Waals surface area contributed by atoms with Gasteiger partial charge in [0.15, 0.2) is 14.4 Å². The van der Waals surface area contributed by atoms with Crippen LogP contribution in [0.5, 0.6) is 0 Å². The Hall–Kier alpha value is -2.63. The van der Waals surface area contributed by atoms with Crippen molar-refractivity contribution in [3.63, 3.8) is 0 Å². The smallest absolute Gasteiger partial charge is 0.416 e. The van der Waals surface area contributed by atoms with Crippen molar-refractivity contribution in [3.8, 4) is 0 Å². The summed E-state index contributed by atoms with van der Waals surface area (Å²) >= 11 is 0. The van der Waals surface area contributed by atoms with E-state index in [1.807, 2.05) is 13.1 Å². The van der Waals surface area contributed by atoms with Gasteiger partial charge in [0.25, 0.3) is 0 Å². The molecule has 0 amide bonds. The van der Waals surface area contributed by atoms with E-state index < -0.39 is 61.5 Å². The van der Waals surface area contributed by atoms with Gasteiger partial charge in [-0.3, -0.25) is 0 Å². The van der Waals surface area contributed by atoms with Crippen molar-refractivity contribution in [2.24, 2.45) is 0 Å². The zero-order chi connectivity index (χ0) is 30.7. The highest BCUT2D eigenvalue weighted by molar-refractivity contribution is 6.74. The molecule has 0 saturated heterocycles. The Morgan fingerprint density at radius 1 is 0.900 bits per heavy atom. The van der Waals surface area contributed by atoms with Crippen LogP contribution in [0.4, 0.5) is 26.3 Å². The van der Waals surface area contributed by atoms with E-state index in [0.29, 0.717) is 23.3 Å². The Morgan fingerprint density at radius 3 is 1.82 bits per heavy atom. The van der Waals surface area contributed by atoms with E-state index in [2.05, 4.69) is 27.4 Å². The third-order valence-electron chi connectivity index (χ3n) is 7.19. The van der Waals surface area contributed by atoms with Crippen LogP contribution in [-0.2, 0) is 31.0 Å². The SMILES string of the molecule is C=C(CO[Si](C)(C)C(C)(C)C)[C@H](c1ccccc1)[C@H](O[C@H](C)c1cc(C(F)(F)F)cc(C(F)(F)F)c1)C(=O)OC. The summed E-state index contributed by atoms with van der Waals surface area (Å²) in [5.41, 5.74) is -2.32. The number of halogens is 6. The average Bonchev–Trinajstić information content (AvgIpc) is 2.85. The highest BCUT2D eigenvalue weighted by Crippen LogP contribution is 2.41. The summed E-state index contributed by atoms with van der Waals surface area (Å²) in [7, 11) is -1.13. The van der Waals surface area contributed by atoms with Gasteiger partial charge in [-0.15, -0.1) is 0 Å². The molecular formula is C29H36F6O4Si. The molecule has 0 radical (unpaired) electrons. The maximum absolute atomic E-state index is 13.5. The number of esters is 1. The Bertz CT molecular complexity index is 1140. The summed E-state index contributed by atoms with van der Waals surface area (Å²) in [4.78, 5) is 13.0. The first kappa shape index (κ1) is 33.6. The fourth-order valence-corrected chi connectivity index (χ4v) is 4.74. The van der Waals surface area contributed by atoms with Gasteiger partial charge >= 0.3 is 18.3 Å². The molecule has 0 unspecified atom stereocenters. The number of hydrogen-bond acceptors (Lipinski definition) is 4. The summed E-state index contributed by atoms with van der Waals surface area (Å²) in [6.07, 6.45) is -12.9. The molecule has 0 fully saturated rings. The third kappa shape index (κ3) is 8.44. The van der Waals surface area contributed by atoms with Gasteiger partial charge in [0.1, 0.15) is 0 Å². The molecule has 0 saturated carbocycles. The van der Waals surface area contributed by atoms with Crippen LogP contribution in [0.3, 0.4) is 0 Å². The van der Waals surface area contributed by atoms with Crippen molar-refractivity contribution in [1.29, 1.82) is 0 Å². The largest absolute Gasteiger partial charge is 0.467 e. The number of benzene rings is 2. The predicted octanol–water partition coefficient (Wildman–Crippen LogP) is 8.71. The molecule has 0 aromatic heterocycles. The fraction of sp³-hybridized carbons (Fsp3) is 0.483. The van der Waals surface area contributed by atoms with Crippen molar-refractivity contribution in [3.05, 3.63) is 82.9 Å². The molecule has 0 spiro atoms. The molecule has 0 heterocycles. The normalized spacial score (nSPS) is 15.3. The van der Waals surface area contributed by atoms with Gasteiger partial charge in [-0.05, 0) is 60.0 Å². The van der Waals surface area contributed by atoms with Crippen LogP contribution < -0.4 is 0 Å². The molecule has 4 nitrogen and oxygen atoms in total. The Kier molecular flexibility index (Phi) is 10.5. The second-order valence-corrected chi connectivity index (χ2v) is 16.0. The summed E-state index contributed by atoms with van der Waals surface area (Å²) in [6, 6.07) is 9.86. The number of carbonyl (C=O) groups excluding carboxylic acids is 1. The summed E-state index contributed by atoms with van der Waals surface area (Å²) in [5, 5.41) is -0.123. The lowest BCUT2D eigenvalue weighted by molar-refractivity contribution is -0.159. The van der Waals surface area contributed by atoms with Crippen LogP contribution >= 0.6 is 0 Å². The number of alkyl halides is 6. The van der Waals surface area contributed by atoms with Crippen molar-refractivity contribution in [1.82, 2.24) is 0 Å². The monoisotopic (exact) mass is 590 g/mol. The summed E-state index contributed by atoms with van der Waals surface area (Å²) < 4.78 is 98.0. The van der Waals surface area contributed by atoms with Crippen LogP contribution in [0.25, 0.3) is 0 Å². The Morgan fingerprint density at radius 2 is 1.40 bits per heavy atom. The van der Waals surface area contributed by atoms with Crippen LogP contribution in [0, 0.1) is 0 Å². The zero-order valence-electron chi connectivity index (χ0n) is 23.7. The Balaban J connectivity index is 2.55. The van der Waals surface area contributed by atoms with Gasteiger partial charge in [-0.2, -0.15) is 26.3 Å². The molecule has 2 aromatic carbocycles. The molecule has 0 aliphatic heterocycles. The predicted molar refractivity (Wildman–Crippen MR) is 143 cm³/mol. The Labute approximate surface area is 232 Å². The third-order valence-corrected chi connectivity index (χ3v) is 11.7. The minimum atomic E-state index is -5.03. The summed E-state index contributed by atoms with van der Waals surface area (Å²) in [6.45, 7) is 15.7. The van der Waals surface area contributed by atoms with Crippen LogP contribution in [0.2, 0.25) is 18.1 Å². The minimum Gasteiger partial charge on any atom is -0.467 e. The van der Waals surface area contributed by atoms with E-state index in [4.69, 9.17) is 13.9 Å². The van der Waals surface area contributed by atoms with Gasteiger partial charge in [-0.1, -0.05) is 57.7 Å². The first-order valence-electron chi connectivity index (χ1n) is 12.6. The van der Waals surface area contributed by atoms with E-state index in [1.165, 1.54) is 6.92 Å². The molecule has 2 aromatic rings. The zero-order valence-corrected chi connectivity index (χ0v) is 24.7. The summed E-state index contributed by atoms with van der Waals surface area (Å²) in [5.74, 6) is -1.73. The molecule has 2 rings (SSSR count). The van der Waals surface area contributed by atoms with Gasteiger partial charge in [-0.25, -0.2) is 4.79 Å². The lowest BCUT2D eigenvalue weighted by Crippen LogP contribution is -2.42. The molecule has 3 atom stereocenters. The van der Waals surface area contributed by atoms with Crippen molar-refractivity contribution < 1.29 is 45.0 Å². The second-order valence-electron chi connectivity index (χ2n) is 11.2. The van der Waals surface area contributed by atoms with Crippen LogP contribution in [-0.4, -0.2) is 34.1 Å². The van der Waals surface area contributed by atoms with Gasteiger partial charge in [0.2, 0.25) is 0 Å². The molecule has 0 aliphatic carbocycles. The molecule has 0 aliphatic rings. The average molecular weight is 591 g/mol. The lowest BCUT2D eigenvalue weighted by atomic mass is 9.87. The van der Waals surface area contributed by atoms with Gasteiger partial charge in [0, 0.05) is 5.92 Å². The first-order chi connectivity index (χ1) is 18.2. The number of carbonyl (C=O) groups is 1. The minimum absolute atomic E-state index is 0.0425. The fourth-order valence-electron chi connectivity index (χ4n) is 3.76. The highest BCUT2D eigenvalue weighted by atomic mass is 28.4. The number of rotatable bonds is 10. The number of hydrogen-bond donors (Lipinski definition) is 0. The van der Waals surface area contributed by atoms with E-state index in [-0.39, 0.29) is 17.7 Å². The first-order valence-corrected chi connectivity index (χ1v) is 15.5. The number of methoxy groups -OCH3 is 1. The lowest BCUT2D eigenvalue weighted by Gasteiger charge is -2.37. The van der Waals surface area contributed by atoms with E-state index in [9.17, 15) is 31.1 Å². The highest BCUT2D eigenvalue weighted by Gasteiger charge is 2.41. The molecule has 222 valence electrons. The van der Waals surface area contributed by atoms with E-state index in [0.717, 1.165) is 7.11 Å². The van der Waals surface area contributed by atoms with Crippen molar-refractivity contribution in [2.45, 2.75) is 76.3 Å². The maximum Gasteiger partial charge on any atom is 0.416 e. The van der Waals surface area contributed by atoms with Gasteiger partial charge in [0.05, 0.1) is 30.9 Å². The van der Waals surface area contributed by atoms with Crippen molar-refractivity contribution >= 4 is 14.3 Å². The molecule has 0 N–H and O–H groups in total. The van der Waals surface area contributed by atoms with E-state index in [1.54, 1.807) is 30.3 Å². The molecule has 0 bridgehead atoms. The van der Waals surface area contributed by atoms with E-state index >= 15 is 0 Å². The van der Waals surface area contributed by atoms with Crippen molar-refractivity contribution in [2.75, 3.05) is 13.7 Å². The molecule has 40 heavy (non-hydrogen) atoms. The second kappa shape index (κ2) is 12.5. The van der Waals surface area contributed by atoms with Crippen LogP contribution in [0.15, 0.2) is 60.7 Å². The topological polar surface area (TPSA) is 44.8 Å². The molecule has 11 heteroatoms. The number of ether oxygens (including phenoxy) is 2. The standard InChI is InChI=1S/C29H36F6O4Si/c1-18(17-38-40(7,8)27(3,4)5)24(20-12-10-9-11-13-20)25(26(36)37-6)39-19(2)21-14-22(28(30,31)32)16-23(15-21)29(33,34)35/h9-16,19,24-25H,1,17H2,2-8H3/t19-,24-,25+/m1/s1. The van der Waals surface area contributed by atoms with Crippen LogP contribution in [0.1, 0.15) is 62.0 Å². The quantitative estimate of drug-likeness (QED) is 0.120. The van der Waals surface area contributed by atoms with Gasteiger partial charge < -0.3 is 13.9 Å².